The van der Waals surface area contributed by atoms with Crippen molar-refractivity contribution in [1.82, 2.24) is 0 Å². The van der Waals surface area contributed by atoms with E-state index < -0.39 is 0 Å². The van der Waals surface area contributed by atoms with Gasteiger partial charge in [0.05, 0.1) is 6.10 Å². The highest BCUT2D eigenvalue weighted by molar-refractivity contribution is 6.06. The Morgan fingerprint density at radius 1 is 1.00 bits per heavy atom. The first-order valence-corrected chi connectivity index (χ1v) is 7.82. The monoisotopic (exact) mass is 292 g/mol. The topological polar surface area (TPSA) is 26.3 Å². The molecule has 0 aromatic heterocycles. The predicted molar refractivity (Wildman–Crippen MR) is 88.8 cm³/mol. The molecule has 1 fully saturated rings. The lowest BCUT2D eigenvalue weighted by Crippen LogP contribution is -2.12. The molecule has 2 aromatic carbocycles. The summed E-state index contributed by atoms with van der Waals surface area (Å²) in [6.07, 6.45) is 7.10. The maximum absolute atomic E-state index is 12.2. The zero-order chi connectivity index (χ0) is 15.2. The number of allylic oxidation sites excluding steroid dienone is 1. The minimum atomic E-state index is 0.0277. The predicted octanol–water partition coefficient (Wildman–Crippen LogP) is 4.82. The smallest absolute Gasteiger partial charge is 0.185 e. The molecule has 0 N–H and O–H groups in total. The third-order valence-corrected chi connectivity index (χ3v) is 4.00. The van der Waals surface area contributed by atoms with Crippen LogP contribution in [0.2, 0.25) is 0 Å². The Labute approximate surface area is 131 Å². The van der Waals surface area contributed by atoms with E-state index in [0.717, 1.165) is 25.0 Å². The van der Waals surface area contributed by atoms with Crippen molar-refractivity contribution in [3.05, 3.63) is 77.4 Å². The van der Waals surface area contributed by atoms with Crippen molar-refractivity contribution in [1.29, 1.82) is 0 Å². The highest BCUT2D eigenvalue weighted by Crippen LogP contribution is 2.30. The van der Waals surface area contributed by atoms with Gasteiger partial charge in [0.1, 0.15) is 0 Å². The maximum Gasteiger partial charge on any atom is 0.185 e. The van der Waals surface area contributed by atoms with Crippen LogP contribution in [0.3, 0.4) is 0 Å². The van der Waals surface area contributed by atoms with Crippen molar-refractivity contribution in [3.8, 4) is 0 Å². The largest absolute Gasteiger partial charge is 0.374 e. The van der Waals surface area contributed by atoms with Crippen LogP contribution in [0.1, 0.15) is 46.9 Å². The average Bonchev–Trinajstić information content (AvgIpc) is 2.61. The van der Waals surface area contributed by atoms with Crippen LogP contribution in [0.5, 0.6) is 0 Å². The Morgan fingerprint density at radius 3 is 2.55 bits per heavy atom. The molecular weight excluding hydrogens is 272 g/mol. The third-order valence-electron chi connectivity index (χ3n) is 4.00. The third kappa shape index (κ3) is 3.52. The SMILES string of the molecule is O=C(C=Cc1ccccc1C1CCCCO1)c1ccccc1. The van der Waals surface area contributed by atoms with Crippen LogP contribution >= 0.6 is 0 Å². The fraction of sp³-hybridized carbons (Fsp3) is 0.250. The average molecular weight is 292 g/mol. The normalized spacial score (nSPS) is 18.5. The second kappa shape index (κ2) is 7.19. The molecule has 2 nitrogen and oxygen atoms in total. The molecule has 112 valence electrons. The van der Waals surface area contributed by atoms with E-state index in [1.54, 1.807) is 6.08 Å². The van der Waals surface area contributed by atoms with Gasteiger partial charge in [-0.15, -0.1) is 0 Å². The lowest BCUT2D eigenvalue weighted by Gasteiger charge is -2.24. The van der Waals surface area contributed by atoms with E-state index in [4.69, 9.17) is 4.74 Å². The first kappa shape index (κ1) is 14.7. The number of ketones is 1. The first-order chi connectivity index (χ1) is 10.8. The van der Waals surface area contributed by atoms with E-state index in [9.17, 15) is 4.79 Å². The molecule has 0 aliphatic carbocycles. The molecule has 0 bridgehead atoms. The fourth-order valence-corrected chi connectivity index (χ4v) is 2.81. The van der Waals surface area contributed by atoms with Crippen LogP contribution in [0, 0.1) is 0 Å². The van der Waals surface area contributed by atoms with Crippen LogP contribution in [-0.4, -0.2) is 12.4 Å². The molecule has 0 radical (unpaired) electrons. The maximum atomic E-state index is 12.2. The van der Waals surface area contributed by atoms with Crippen molar-refractivity contribution < 1.29 is 9.53 Å². The van der Waals surface area contributed by atoms with E-state index >= 15 is 0 Å². The lowest BCUT2D eigenvalue weighted by atomic mass is 9.96. The molecule has 2 heteroatoms. The molecular formula is C20H20O2. The van der Waals surface area contributed by atoms with Crippen molar-refractivity contribution in [2.75, 3.05) is 6.61 Å². The molecule has 1 unspecified atom stereocenters. The highest BCUT2D eigenvalue weighted by atomic mass is 16.5. The second-order valence-electron chi connectivity index (χ2n) is 5.55. The minimum Gasteiger partial charge on any atom is -0.374 e. The van der Waals surface area contributed by atoms with Gasteiger partial charge in [-0.1, -0.05) is 60.7 Å². The molecule has 3 rings (SSSR count). The summed E-state index contributed by atoms with van der Waals surface area (Å²) in [6, 6.07) is 17.5. The fourth-order valence-electron chi connectivity index (χ4n) is 2.81. The van der Waals surface area contributed by atoms with Gasteiger partial charge in [-0.2, -0.15) is 0 Å². The summed E-state index contributed by atoms with van der Waals surface area (Å²) in [7, 11) is 0. The van der Waals surface area contributed by atoms with E-state index in [2.05, 4.69) is 6.07 Å². The number of rotatable bonds is 4. The van der Waals surface area contributed by atoms with E-state index in [0.29, 0.717) is 5.56 Å². The molecule has 1 atom stereocenters. The minimum absolute atomic E-state index is 0.0277. The van der Waals surface area contributed by atoms with Crippen molar-refractivity contribution >= 4 is 11.9 Å². The zero-order valence-corrected chi connectivity index (χ0v) is 12.6. The van der Waals surface area contributed by atoms with Crippen LogP contribution in [0.15, 0.2) is 60.7 Å². The Hall–Kier alpha value is -2.19. The molecule has 22 heavy (non-hydrogen) atoms. The summed E-state index contributed by atoms with van der Waals surface area (Å²) in [6.45, 7) is 0.825. The quantitative estimate of drug-likeness (QED) is 0.596. The van der Waals surface area contributed by atoms with E-state index in [1.165, 1.54) is 12.0 Å². The summed E-state index contributed by atoms with van der Waals surface area (Å²) in [5, 5.41) is 0. The number of ether oxygens (including phenoxy) is 1. The van der Waals surface area contributed by atoms with Crippen molar-refractivity contribution in [2.24, 2.45) is 0 Å². The molecule has 0 saturated carbocycles. The Balaban J connectivity index is 1.80. The molecule has 1 saturated heterocycles. The van der Waals surface area contributed by atoms with Crippen molar-refractivity contribution in [3.63, 3.8) is 0 Å². The van der Waals surface area contributed by atoms with Crippen LogP contribution in [-0.2, 0) is 4.74 Å². The number of carbonyl (C=O) groups excluding carboxylic acids is 1. The van der Waals surface area contributed by atoms with Gasteiger partial charge >= 0.3 is 0 Å². The van der Waals surface area contributed by atoms with Crippen LogP contribution in [0.25, 0.3) is 6.08 Å². The number of benzene rings is 2. The second-order valence-corrected chi connectivity index (χ2v) is 5.55. The molecule has 1 aliphatic rings. The van der Waals surface area contributed by atoms with Crippen LogP contribution < -0.4 is 0 Å². The Bertz CT molecular complexity index is 652. The standard InChI is InChI=1S/C20H20O2/c21-19(17-9-2-1-3-10-17)14-13-16-8-4-5-11-18(16)20-12-6-7-15-22-20/h1-5,8-11,13-14,20H,6-7,12,15H2. The summed E-state index contributed by atoms with van der Waals surface area (Å²) in [5.74, 6) is 0.0277. The molecule has 0 amide bonds. The first-order valence-electron chi connectivity index (χ1n) is 7.82. The summed E-state index contributed by atoms with van der Waals surface area (Å²) in [4.78, 5) is 12.2. The highest BCUT2D eigenvalue weighted by Gasteiger charge is 2.17. The van der Waals surface area contributed by atoms with Crippen LogP contribution in [0.4, 0.5) is 0 Å². The molecule has 1 heterocycles. The van der Waals surface area contributed by atoms with E-state index in [1.807, 2.05) is 54.6 Å². The van der Waals surface area contributed by atoms with Gasteiger partial charge in [0.25, 0.3) is 0 Å². The number of hydrogen-bond donors (Lipinski definition) is 0. The van der Waals surface area contributed by atoms with Gasteiger partial charge < -0.3 is 4.74 Å². The summed E-state index contributed by atoms with van der Waals surface area (Å²) >= 11 is 0. The van der Waals surface area contributed by atoms with Gasteiger partial charge in [0, 0.05) is 12.2 Å². The lowest BCUT2D eigenvalue weighted by molar-refractivity contribution is 0.0148. The van der Waals surface area contributed by atoms with Gasteiger partial charge in [0.2, 0.25) is 0 Å². The molecule has 2 aromatic rings. The summed E-state index contributed by atoms with van der Waals surface area (Å²) in [5.41, 5.74) is 2.96. The summed E-state index contributed by atoms with van der Waals surface area (Å²) < 4.78 is 5.88. The van der Waals surface area contributed by atoms with Crippen molar-refractivity contribution in [2.45, 2.75) is 25.4 Å². The zero-order valence-electron chi connectivity index (χ0n) is 12.6. The number of carbonyl (C=O) groups is 1. The molecule has 1 aliphatic heterocycles. The molecule has 0 spiro atoms. The van der Waals surface area contributed by atoms with Gasteiger partial charge in [-0.25, -0.2) is 0 Å². The number of hydrogen-bond acceptors (Lipinski definition) is 2. The van der Waals surface area contributed by atoms with Gasteiger partial charge in [-0.05, 0) is 36.5 Å². The Morgan fingerprint density at radius 2 is 1.77 bits per heavy atom. The van der Waals surface area contributed by atoms with Gasteiger partial charge in [0.15, 0.2) is 5.78 Å². The Kier molecular flexibility index (Phi) is 4.81. The van der Waals surface area contributed by atoms with E-state index in [-0.39, 0.29) is 11.9 Å². The van der Waals surface area contributed by atoms with Gasteiger partial charge in [-0.3, -0.25) is 4.79 Å².